The Bertz CT molecular complexity index is 1150. The molecule has 5 aliphatic carbocycles. The molecule has 0 spiro atoms. The molecule has 23 heavy (non-hydrogen) atoms. The van der Waals surface area contributed by atoms with E-state index in [4.69, 9.17) is 27.7 Å². The lowest BCUT2D eigenvalue weighted by molar-refractivity contribution is -0.177. The highest BCUT2D eigenvalue weighted by Gasteiger charge is 2.62. The maximum atomic E-state index is 13.9. The van der Waals surface area contributed by atoms with Crippen LogP contribution in [0, 0.1) is 34.4 Å². The van der Waals surface area contributed by atoms with Gasteiger partial charge in [0.25, 0.3) is 0 Å². The molecule has 6 rings (SSSR count). The molecule has 0 aromatic rings. The SMILES string of the molecule is [2H]C1([2H])C2([2H])C([2H])([2H])C3(O)C([2H])([2H])C1([2H])C([2H])([2H])C([C@H](N)C(=O)N1[C@H](C#N)C[C@]4([2H])C[C@]14[2H])(C2([2H])[2H])C3([2H])[2H]. The largest absolute Gasteiger partial charge is 0.390 e. The van der Waals surface area contributed by atoms with Crippen LogP contribution in [0.1, 0.15) is 73.0 Å². The topological polar surface area (TPSA) is 90.3 Å². The second-order valence-electron chi connectivity index (χ2n) is 6.28. The van der Waals surface area contributed by atoms with Crippen LogP contribution in [0.3, 0.4) is 0 Å². The van der Waals surface area contributed by atoms with Crippen LogP contribution in [0.5, 0.6) is 0 Å². The normalized spacial score (nSPS) is 90.0. The summed E-state index contributed by atoms with van der Waals surface area (Å²) in [5, 5.41) is 21.2. The fourth-order valence-electron chi connectivity index (χ4n) is 3.62. The number of hydrogen-bond donors (Lipinski definition) is 2. The van der Waals surface area contributed by atoms with Gasteiger partial charge < -0.3 is 15.7 Å². The van der Waals surface area contributed by atoms with Gasteiger partial charge >= 0.3 is 0 Å². The van der Waals surface area contributed by atoms with Crippen molar-refractivity contribution < 1.29 is 31.8 Å². The molecule has 1 aliphatic heterocycles. The van der Waals surface area contributed by atoms with Gasteiger partial charge in [0, 0.05) is 26.6 Å². The molecule has 1 heterocycles. The molecule has 6 aliphatic rings. The molecular weight excluding hydrogens is 290 g/mol. The van der Waals surface area contributed by atoms with Crippen molar-refractivity contribution in [3.05, 3.63) is 0 Å². The Morgan fingerprint density at radius 1 is 1.39 bits per heavy atom. The Kier molecular flexibility index (Phi) is 1.01. The summed E-state index contributed by atoms with van der Waals surface area (Å²) in [5.74, 6) is -11.6. The van der Waals surface area contributed by atoms with Crippen LogP contribution < -0.4 is 5.73 Å². The van der Waals surface area contributed by atoms with E-state index in [1.54, 1.807) is 6.07 Å². The van der Waals surface area contributed by atoms with Crippen LogP contribution in [0.2, 0.25) is 0 Å². The van der Waals surface area contributed by atoms with Crippen molar-refractivity contribution in [2.24, 2.45) is 28.8 Å². The molecule has 5 nitrogen and oxygen atoms in total. The number of piperidine rings is 1. The van der Waals surface area contributed by atoms with Crippen LogP contribution in [0.4, 0.5) is 0 Å². The Hall–Kier alpha value is -1.12. The number of rotatable bonds is 2. The van der Waals surface area contributed by atoms with Crippen molar-refractivity contribution in [1.82, 2.24) is 4.90 Å². The summed E-state index contributed by atoms with van der Waals surface area (Å²) in [7, 11) is 0. The number of nitriles is 1. The Morgan fingerprint density at radius 3 is 2.74 bits per heavy atom. The van der Waals surface area contributed by atoms with E-state index in [9.17, 15) is 15.2 Å². The number of nitrogens with zero attached hydrogens (tertiary/aromatic N) is 2. The fraction of sp³-hybridized carbons (Fsp3) is 0.889. The van der Waals surface area contributed by atoms with Crippen molar-refractivity contribution in [2.45, 2.75) is 74.8 Å². The molecule has 0 aromatic heterocycles. The summed E-state index contributed by atoms with van der Waals surface area (Å²) in [6, 6.07) is -4.89. The first-order chi connectivity index (χ1) is 17.1. The first-order valence-corrected chi connectivity index (χ1v) is 7.28. The van der Waals surface area contributed by atoms with E-state index in [-0.39, 0.29) is 12.8 Å². The number of nitrogens with two attached hydrogens (primary N) is 1. The van der Waals surface area contributed by atoms with Gasteiger partial charge in [0.15, 0.2) is 0 Å². The average Bonchev–Trinajstić information content (AvgIpc) is 3.24. The van der Waals surface area contributed by atoms with Crippen LogP contribution in [-0.2, 0) is 4.79 Å². The van der Waals surface area contributed by atoms with Crippen LogP contribution in [0.25, 0.3) is 0 Å². The lowest BCUT2D eigenvalue weighted by Crippen LogP contribution is -2.64. The zero-order valence-corrected chi connectivity index (χ0v) is 11.9. The zero-order chi connectivity index (χ0) is 30.4. The first-order valence-electron chi connectivity index (χ1n) is 15.3. The molecule has 124 valence electrons. The smallest absolute Gasteiger partial charge is 0.241 e. The van der Waals surface area contributed by atoms with Crippen molar-refractivity contribution in [2.75, 3.05) is 0 Å². The molecule has 0 radical (unpaired) electrons. The number of amides is 1. The predicted octanol–water partition coefficient (Wildman–Crippen LogP) is 1.16. The molecule has 4 bridgehead atoms. The highest BCUT2D eigenvalue weighted by molar-refractivity contribution is 5.84. The van der Waals surface area contributed by atoms with Gasteiger partial charge in [-0.2, -0.15) is 5.26 Å². The second-order valence-corrected chi connectivity index (χ2v) is 6.28. The molecule has 6 fully saturated rings. The molecule has 3 N–H and O–H groups in total. The number of carbonyl (C=O) groups is 1. The maximum Gasteiger partial charge on any atom is 0.241 e. The van der Waals surface area contributed by atoms with Crippen LogP contribution in [0.15, 0.2) is 0 Å². The number of aliphatic hydroxyl groups is 1. The molecular formula is C18H25N3O2. The van der Waals surface area contributed by atoms with Crippen molar-refractivity contribution >= 4 is 5.91 Å². The summed E-state index contributed by atoms with van der Waals surface area (Å²) in [6.45, 7) is 0. The van der Waals surface area contributed by atoms with Gasteiger partial charge in [-0.3, -0.25) is 4.79 Å². The van der Waals surface area contributed by atoms with Gasteiger partial charge in [-0.05, 0) is 74.2 Å². The van der Waals surface area contributed by atoms with E-state index >= 15 is 0 Å². The lowest BCUT2D eigenvalue weighted by atomic mass is 9.46. The first kappa shape index (κ1) is 5.44. The van der Waals surface area contributed by atoms with Crippen molar-refractivity contribution in [3.63, 3.8) is 0 Å². The third-order valence-corrected chi connectivity index (χ3v) is 4.71. The van der Waals surface area contributed by atoms with Gasteiger partial charge in [-0.15, -0.1) is 0 Å². The van der Waals surface area contributed by atoms with E-state index in [2.05, 4.69) is 0 Å². The minimum atomic E-state index is -4.31. The van der Waals surface area contributed by atoms with Crippen LogP contribution in [-0.4, -0.2) is 39.6 Å². The number of carbonyl (C=O) groups excluding carboxylic acids is 1. The molecule has 1 amide bonds. The lowest BCUT2D eigenvalue weighted by Gasteiger charge is -2.61. The highest BCUT2D eigenvalue weighted by atomic mass is 16.3. The van der Waals surface area contributed by atoms with E-state index in [1.165, 1.54) is 0 Å². The Morgan fingerprint density at radius 2 is 2.09 bits per heavy atom. The maximum absolute atomic E-state index is 13.9. The average molecular weight is 332 g/mol. The summed E-state index contributed by atoms with van der Waals surface area (Å²) in [6.07, 6.45) is -25.7. The van der Waals surface area contributed by atoms with Gasteiger partial charge in [-0.1, -0.05) is 0 Å². The van der Waals surface area contributed by atoms with Crippen molar-refractivity contribution in [1.29, 1.82) is 5.26 Å². The quantitative estimate of drug-likeness (QED) is 0.794. The standard InChI is InChI=1S/C18H25N3O2/c19-8-13-2-12-3-14(12)21(13)16(22)15(20)17-4-10-1-11(5-17)7-18(23,6-10)9-17/h10-15,23H,1-7,9,20H2/t10?,11?,12-,13+,14+,15-,17?,18?/m1/s1/i1D2,4D2,5D2,6D2,7D2,9D2,10D,11D,12D,14D. The number of hydrogen-bond acceptors (Lipinski definition) is 4. The van der Waals surface area contributed by atoms with E-state index in [0.29, 0.717) is 4.90 Å². The molecule has 5 saturated carbocycles. The molecule has 1 saturated heterocycles. The van der Waals surface area contributed by atoms with Gasteiger partial charge in [0.2, 0.25) is 5.91 Å². The van der Waals surface area contributed by atoms with E-state index < -0.39 is 90.9 Å². The zero-order valence-electron chi connectivity index (χ0n) is 27.9. The summed E-state index contributed by atoms with van der Waals surface area (Å²) < 4.78 is 139. The minimum absolute atomic E-state index is 0.293. The Labute approximate surface area is 159 Å². The summed E-state index contributed by atoms with van der Waals surface area (Å²) in [4.78, 5) is 14.4. The number of fused-ring (bicyclic) bond motifs is 1. The molecule has 6 atom stereocenters. The third-order valence-electron chi connectivity index (χ3n) is 4.71. The van der Waals surface area contributed by atoms with Gasteiger partial charge in [-0.25, -0.2) is 0 Å². The predicted molar refractivity (Wildman–Crippen MR) is 82.8 cm³/mol. The van der Waals surface area contributed by atoms with Crippen molar-refractivity contribution in [3.8, 4) is 6.07 Å². The van der Waals surface area contributed by atoms with Crippen LogP contribution >= 0.6 is 0 Å². The van der Waals surface area contributed by atoms with Gasteiger partial charge in [0.05, 0.1) is 19.1 Å². The molecule has 2 unspecified atom stereocenters. The number of likely N-dealkylation sites (tertiary alicyclic amines) is 1. The Balaban J connectivity index is 1.90. The monoisotopic (exact) mass is 331 g/mol. The molecule has 0 aromatic carbocycles. The second kappa shape index (κ2) is 4.29. The van der Waals surface area contributed by atoms with E-state index in [1.807, 2.05) is 0 Å². The van der Waals surface area contributed by atoms with E-state index in [0.717, 1.165) is 0 Å². The minimum Gasteiger partial charge on any atom is -0.390 e. The summed E-state index contributed by atoms with van der Waals surface area (Å²) in [5.41, 5.74) is -2.18. The summed E-state index contributed by atoms with van der Waals surface area (Å²) >= 11 is 0. The van der Waals surface area contributed by atoms with Gasteiger partial charge in [0.1, 0.15) is 6.04 Å². The fourth-order valence-corrected chi connectivity index (χ4v) is 3.62. The molecule has 5 heteroatoms. The highest BCUT2D eigenvalue weighted by Crippen LogP contribution is 2.63. The third kappa shape index (κ3) is 1.88.